The lowest BCUT2D eigenvalue weighted by atomic mass is 10.1. The van der Waals surface area contributed by atoms with Crippen LogP contribution in [0.2, 0.25) is 0 Å². The number of hydrogen-bond acceptors (Lipinski definition) is 5. The predicted molar refractivity (Wildman–Crippen MR) is 56.5 cm³/mol. The van der Waals surface area contributed by atoms with Crippen LogP contribution in [0.15, 0.2) is 15.8 Å². The number of aliphatic hydroxyl groups is 2. The summed E-state index contributed by atoms with van der Waals surface area (Å²) in [5.41, 5.74) is -0.753. The summed E-state index contributed by atoms with van der Waals surface area (Å²) in [6, 6.07) is 0. The van der Waals surface area contributed by atoms with Crippen molar-refractivity contribution >= 4 is 5.69 Å². The van der Waals surface area contributed by atoms with Gasteiger partial charge in [-0.3, -0.25) is 9.78 Å². The number of nitrogens with one attached hydrogen (secondary N) is 2. The minimum Gasteiger partial charge on any atom is -0.396 e. The van der Waals surface area contributed by atoms with E-state index in [1.54, 1.807) is 4.90 Å². The summed E-state index contributed by atoms with van der Waals surface area (Å²) in [6.45, 7) is 0.548. The average molecular weight is 227 g/mol. The fourth-order valence-corrected chi connectivity index (χ4v) is 1.87. The number of aromatic amines is 2. The van der Waals surface area contributed by atoms with Crippen LogP contribution in [0.5, 0.6) is 0 Å². The van der Waals surface area contributed by atoms with Crippen LogP contribution < -0.4 is 16.1 Å². The number of hydrogen-bond donors (Lipinski definition) is 4. The van der Waals surface area contributed by atoms with Crippen LogP contribution in [0.3, 0.4) is 0 Å². The summed E-state index contributed by atoms with van der Waals surface area (Å²) < 4.78 is 0. The Morgan fingerprint density at radius 2 is 2.19 bits per heavy atom. The molecule has 0 spiro atoms. The van der Waals surface area contributed by atoms with E-state index in [1.165, 1.54) is 6.20 Å². The Morgan fingerprint density at radius 3 is 2.75 bits per heavy atom. The quantitative estimate of drug-likeness (QED) is 0.460. The summed E-state index contributed by atoms with van der Waals surface area (Å²) in [7, 11) is 0. The van der Waals surface area contributed by atoms with Crippen molar-refractivity contribution in [2.45, 2.75) is 6.10 Å². The minimum absolute atomic E-state index is 0.126. The molecule has 1 fully saturated rings. The molecule has 0 unspecified atom stereocenters. The molecule has 2 atom stereocenters. The molecule has 88 valence electrons. The molecule has 2 rings (SSSR count). The van der Waals surface area contributed by atoms with E-state index in [2.05, 4.69) is 9.97 Å². The Bertz CT molecular complexity index is 480. The molecule has 0 bridgehead atoms. The van der Waals surface area contributed by atoms with Gasteiger partial charge in [0.05, 0.1) is 12.7 Å². The van der Waals surface area contributed by atoms with Crippen LogP contribution in [-0.2, 0) is 0 Å². The van der Waals surface area contributed by atoms with Crippen molar-refractivity contribution in [2.24, 2.45) is 5.92 Å². The number of rotatable bonds is 2. The van der Waals surface area contributed by atoms with Crippen LogP contribution in [0.25, 0.3) is 0 Å². The molecule has 1 aromatic rings. The maximum Gasteiger partial charge on any atom is 0.325 e. The van der Waals surface area contributed by atoms with Crippen LogP contribution in [0.1, 0.15) is 0 Å². The highest BCUT2D eigenvalue weighted by Crippen LogP contribution is 2.20. The Balaban J connectivity index is 2.27. The Hall–Kier alpha value is -1.60. The van der Waals surface area contributed by atoms with Crippen LogP contribution in [0, 0.1) is 5.92 Å². The molecule has 1 aliphatic rings. The zero-order valence-electron chi connectivity index (χ0n) is 8.51. The van der Waals surface area contributed by atoms with Gasteiger partial charge in [0.15, 0.2) is 0 Å². The molecular formula is C9H13N3O4. The molecule has 7 heteroatoms. The van der Waals surface area contributed by atoms with Crippen molar-refractivity contribution in [1.82, 2.24) is 9.97 Å². The van der Waals surface area contributed by atoms with Crippen molar-refractivity contribution in [3.05, 3.63) is 27.0 Å². The molecule has 1 aromatic heterocycles. The monoisotopic (exact) mass is 227 g/mol. The van der Waals surface area contributed by atoms with Crippen LogP contribution in [0.4, 0.5) is 5.69 Å². The molecule has 2 heterocycles. The Morgan fingerprint density at radius 1 is 1.44 bits per heavy atom. The molecule has 0 aliphatic carbocycles. The zero-order chi connectivity index (χ0) is 11.7. The van der Waals surface area contributed by atoms with Gasteiger partial charge >= 0.3 is 5.69 Å². The second-order valence-corrected chi connectivity index (χ2v) is 3.87. The molecular weight excluding hydrogens is 214 g/mol. The van der Waals surface area contributed by atoms with Crippen LogP contribution >= 0.6 is 0 Å². The number of β-amino-alcohol motifs (C(OH)–C–C–N with tert-alkyl or cyclic N) is 1. The smallest absolute Gasteiger partial charge is 0.325 e. The predicted octanol–water partition coefficient (Wildman–Crippen LogP) is -2.15. The van der Waals surface area contributed by atoms with E-state index in [0.717, 1.165) is 0 Å². The standard InChI is InChI=1S/C9H13N3O4/c13-4-5-2-12(3-7(5)14)6-1-10-9(16)11-8(6)15/h1,5,7,13-14H,2-4H2,(H2,10,11,15,16)/t5-,7+/m1/s1. The van der Waals surface area contributed by atoms with Crippen molar-refractivity contribution in [3.63, 3.8) is 0 Å². The fourth-order valence-electron chi connectivity index (χ4n) is 1.87. The summed E-state index contributed by atoms with van der Waals surface area (Å²) >= 11 is 0. The van der Waals surface area contributed by atoms with Gasteiger partial charge in [-0.2, -0.15) is 0 Å². The lowest BCUT2D eigenvalue weighted by Gasteiger charge is -2.15. The topological polar surface area (TPSA) is 109 Å². The number of nitrogens with zero attached hydrogens (tertiary/aromatic N) is 1. The average Bonchev–Trinajstić information content (AvgIpc) is 2.59. The first kappa shape index (κ1) is 10.9. The molecule has 7 nitrogen and oxygen atoms in total. The van der Waals surface area contributed by atoms with Crippen molar-refractivity contribution < 1.29 is 10.2 Å². The highest BCUT2D eigenvalue weighted by atomic mass is 16.3. The molecule has 1 saturated heterocycles. The fraction of sp³-hybridized carbons (Fsp3) is 0.556. The van der Waals surface area contributed by atoms with E-state index < -0.39 is 17.4 Å². The van der Waals surface area contributed by atoms with E-state index in [0.29, 0.717) is 12.2 Å². The van der Waals surface area contributed by atoms with Crippen molar-refractivity contribution in [1.29, 1.82) is 0 Å². The Labute approximate surface area is 90.4 Å². The second-order valence-electron chi connectivity index (χ2n) is 3.87. The lowest BCUT2D eigenvalue weighted by molar-refractivity contribution is 0.104. The third kappa shape index (κ3) is 1.86. The summed E-state index contributed by atoms with van der Waals surface area (Å²) in [4.78, 5) is 28.4. The highest BCUT2D eigenvalue weighted by molar-refractivity contribution is 5.43. The summed E-state index contributed by atoms with van der Waals surface area (Å²) in [5.74, 6) is -0.258. The SMILES string of the molecule is O=c1[nH]cc(N2C[C@H](CO)[C@@H](O)C2)c(=O)[nH]1. The van der Waals surface area contributed by atoms with Gasteiger partial charge in [-0.1, -0.05) is 0 Å². The van der Waals surface area contributed by atoms with Crippen LogP contribution in [-0.4, -0.2) is 46.0 Å². The first-order chi connectivity index (χ1) is 7.61. The van der Waals surface area contributed by atoms with E-state index in [-0.39, 0.29) is 19.1 Å². The van der Waals surface area contributed by atoms with Crippen molar-refractivity contribution in [3.8, 4) is 0 Å². The number of H-pyrrole nitrogens is 2. The number of aromatic nitrogens is 2. The van der Waals surface area contributed by atoms with Gasteiger partial charge in [0.2, 0.25) is 0 Å². The first-order valence-corrected chi connectivity index (χ1v) is 4.97. The van der Waals surface area contributed by atoms with E-state index in [1.807, 2.05) is 0 Å². The molecule has 16 heavy (non-hydrogen) atoms. The Kier molecular flexibility index (Phi) is 2.80. The lowest BCUT2D eigenvalue weighted by Crippen LogP contribution is -2.31. The van der Waals surface area contributed by atoms with Gasteiger partial charge in [0.1, 0.15) is 5.69 Å². The minimum atomic E-state index is -0.656. The van der Waals surface area contributed by atoms with E-state index in [4.69, 9.17) is 5.11 Å². The number of aliphatic hydroxyl groups excluding tert-OH is 2. The number of anilines is 1. The normalized spacial score (nSPS) is 25.0. The maximum absolute atomic E-state index is 11.5. The molecule has 4 N–H and O–H groups in total. The van der Waals surface area contributed by atoms with Gasteiger partial charge in [-0.15, -0.1) is 0 Å². The second kappa shape index (κ2) is 4.11. The highest BCUT2D eigenvalue weighted by Gasteiger charge is 2.31. The zero-order valence-corrected chi connectivity index (χ0v) is 8.51. The van der Waals surface area contributed by atoms with E-state index in [9.17, 15) is 14.7 Å². The summed E-state index contributed by atoms with van der Waals surface area (Å²) in [6.07, 6.45) is 0.657. The largest absolute Gasteiger partial charge is 0.396 e. The van der Waals surface area contributed by atoms with Gasteiger partial charge in [0, 0.05) is 25.2 Å². The molecule has 0 aromatic carbocycles. The van der Waals surface area contributed by atoms with E-state index >= 15 is 0 Å². The van der Waals surface area contributed by atoms with Gasteiger partial charge < -0.3 is 20.1 Å². The third-order valence-corrected chi connectivity index (χ3v) is 2.78. The first-order valence-electron chi connectivity index (χ1n) is 4.97. The van der Waals surface area contributed by atoms with Gasteiger partial charge in [-0.25, -0.2) is 4.79 Å². The molecule has 0 amide bonds. The molecule has 1 aliphatic heterocycles. The van der Waals surface area contributed by atoms with Gasteiger partial charge in [0.25, 0.3) is 5.56 Å². The molecule has 0 radical (unpaired) electrons. The molecule has 0 saturated carbocycles. The maximum atomic E-state index is 11.5. The van der Waals surface area contributed by atoms with Gasteiger partial charge in [-0.05, 0) is 0 Å². The third-order valence-electron chi connectivity index (χ3n) is 2.78. The summed E-state index contributed by atoms with van der Waals surface area (Å²) in [5, 5.41) is 18.6. The van der Waals surface area contributed by atoms with Crippen molar-refractivity contribution in [2.75, 3.05) is 24.6 Å².